The third kappa shape index (κ3) is 3.95. The molecule has 1 aliphatic carbocycles. The summed E-state index contributed by atoms with van der Waals surface area (Å²) >= 11 is 0. The van der Waals surface area contributed by atoms with Gasteiger partial charge < -0.3 is 16.8 Å². The summed E-state index contributed by atoms with van der Waals surface area (Å²) in [4.78, 5) is 24.1. The quantitative estimate of drug-likeness (QED) is 0.568. The second-order valence-electron chi connectivity index (χ2n) is 7.15. The molecule has 9 heteroatoms. The molecule has 4 rings (SSSR count). The summed E-state index contributed by atoms with van der Waals surface area (Å²) in [6.07, 6.45) is 6.82. The van der Waals surface area contributed by atoms with Crippen LogP contribution in [0.3, 0.4) is 0 Å². The van der Waals surface area contributed by atoms with Gasteiger partial charge in [0.05, 0.1) is 16.6 Å². The molecule has 3 aromatic heterocycles. The van der Waals surface area contributed by atoms with E-state index in [9.17, 15) is 4.79 Å². The number of pyridine rings is 3. The first-order chi connectivity index (χ1) is 14.0. The Kier molecular flexibility index (Phi) is 5.22. The average molecular weight is 395 g/mol. The number of nitrogens with zero attached hydrogens (tertiary/aromatic N) is 4. The molecule has 3 aromatic rings. The molecular weight excluding hydrogens is 373 g/mol. The fraction of sp³-hybridized carbons (Fsp3) is 0.300. The highest BCUT2D eigenvalue weighted by atomic mass is 19.2. The van der Waals surface area contributed by atoms with Crippen LogP contribution in [-0.2, 0) is 0 Å². The number of halogens is 1. The molecule has 2 unspecified atom stereocenters. The molecular formula is C20H22FN7O. The molecule has 0 bridgehead atoms. The van der Waals surface area contributed by atoms with E-state index in [1.165, 1.54) is 18.3 Å². The molecule has 29 heavy (non-hydrogen) atoms. The van der Waals surface area contributed by atoms with E-state index in [0.717, 1.165) is 25.7 Å². The predicted octanol–water partition coefficient (Wildman–Crippen LogP) is 2.83. The van der Waals surface area contributed by atoms with Gasteiger partial charge in [0.15, 0.2) is 11.6 Å². The second-order valence-corrected chi connectivity index (χ2v) is 7.15. The third-order valence-electron chi connectivity index (χ3n) is 5.15. The van der Waals surface area contributed by atoms with Gasteiger partial charge in [-0.05, 0) is 43.2 Å². The van der Waals surface area contributed by atoms with Crippen molar-refractivity contribution in [1.82, 2.24) is 15.0 Å². The first-order valence-corrected chi connectivity index (χ1v) is 9.52. The SMILES string of the molecule is NC(=O)c1ccc(N(F)c2cc3ncccc3nc2NC2CCCCC2N)nc1. The lowest BCUT2D eigenvalue weighted by Crippen LogP contribution is -2.43. The van der Waals surface area contributed by atoms with E-state index >= 15 is 4.48 Å². The Balaban J connectivity index is 1.73. The highest BCUT2D eigenvalue weighted by Crippen LogP contribution is 2.34. The standard InChI is InChI=1S/C20H22FN7O/c21-28(18-8-7-12(11-25-18)19(23)29)17-10-16-15(6-3-9-24-16)27-20(17)26-14-5-2-1-4-13(14)22/h3,6-11,13-14H,1-2,4-5,22H2,(H2,23,29)(H,26,27). The zero-order valence-electron chi connectivity index (χ0n) is 15.8. The van der Waals surface area contributed by atoms with Gasteiger partial charge in [-0.1, -0.05) is 17.3 Å². The molecule has 1 amide bonds. The molecule has 8 nitrogen and oxygen atoms in total. The summed E-state index contributed by atoms with van der Waals surface area (Å²) in [5.41, 5.74) is 13.1. The van der Waals surface area contributed by atoms with Gasteiger partial charge in [0, 0.05) is 24.5 Å². The van der Waals surface area contributed by atoms with Gasteiger partial charge in [0.25, 0.3) is 0 Å². The number of nitrogens with one attached hydrogen (secondary N) is 1. The Morgan fingerprint density at radius 3 is 2.72 bits per heavy atom. The molecule has 0 spiro atoms. The minimum Gasteiger partial charge on any atom is -0.366 e. The van der Waals surface area contributed by atoms with Crippen LogP contribution < -0.4 is 21.9 Å². The molecule has 5 N–H and O–H groups in total. The second kappa shape index (κ2) is 7.96. The Bertz CT molecular complexity index is 1030. The molecule has 0 aromatic carbocycles. The van der Waals surface area contributed by atoms with E-state index in [0.29, 0.717) is 22.0 Å². The number of carbonyl (C=O) groups is 1. The highest BCUT2D eigenvalue weighted by molar-refractivity contribution is 5.92. The van der Waals surface area contributed by atoms with Gasteiger partial charge in [-0.2, -0.15) is 5.12 Å². The van der Waals surface area contributed by atoms with Crippen molar-refractivity contribution >= 4 is 34.3 Å². The minimum absolute atomic E-state index is 0.00252. The van der Waals surface area contributed by atoms with Gasteiger partial charge in [0.1, 0.15) is 5.69 Å². The summed E-state index contributed by atoms with van der Waals surface area (Å²) in [6.45, 7) is 0. The van der Waals surface area contributed by atoms with E-state index in [4.69, 9.17) is 11.5 Å². The first-order valence-electron chi connectivity index (χ1n) is 9.52. The lowest BCUT2D eigenvalue weighted by Gasteiger charge is -2.30. The average Bonchev–Trinajstić information content (AvgIpc) is 2.74. The van der Waals surface area contributed by atoms with E-state index < -0.39 is 5.91 Å². The van der Waals surface area contributed by atoms with E-state index in [2.05, 4.69) is 20.3 Å². The molecule has 0 radical (unpaired) electrons. The lowest BCUT2D eigenvalue weighted by atomic mass is 9.91. The maximum absolute atomic E-state index is 15.4. The van der Waals surface area contributed by atoms with Crippen LogP contribution in [-0.4, -0.2) is 32.9 Å². The van der Waals surface area contributed by atoms with Gasteiger partial charge in [0.2, 0.25) is 5.91 Å². The first kappa shape index (κ1) is 19.0. The number of anilines is 3. The van der Waals surface area contributed by atoms with Gasteiger partial charge >= 0.3 is 0 Å². The zero-order chi connectivity index (χ0) is 20.4. The topological polar surface area (TPSA) is 123 Å². The number of hydrogen-bond acceptors (Lipinski definition) is 7. The molecule has 1 saturated carbocycles. The summed E-state index contributed by atoms with van der Waals surface area (Å²) in [7, 11) is 0. The molecule has 0 saturated heterocycles. The van der Waals surface area contributed by atoms with Crippen molar-refractivity contribution in [3.8, 4) is 0 Å². The van der Waals surface area contributed by atoms with Crippen molar-refractivity contribution in [2.75, 3.05) is 10.4 Å². The summed E-state index contributed by atoms with van der Waals surface area (Å²) in [5, 5.41) is 3.74. The Morgan fingerprint density at radius 2 is 2.00 bits per heavy atom. The smallest absolute Gasteiger partial charge is 0.250 e. The minimum atomic E-state index is -0.625. The van der Waals surface area contributed by atoms with Crippen LogP contribution in [0.2, 0.25) is 0 Å². The monoisotopic (exact) mass is 395 g/mol. The molecule has 3 heterocycles. The van der Waals surface area contributed by atoms with Crippen molar-refractivity contribution in [3.63, 3.8) is 0 Å². The normalized spacial score (nSPS) is 19.1. The lowest BCUT2D eigenvalue weighted by molar-refractivity contribution is 0.1000. The third-order valence-corrected chi connectivity index (χ3v) is 5.15. The van der Waals surface area contributed by atoms with Crippen LogP contribution >= 0.6 is 0 Å². The van der Waals surface area contributed by atoms with Gasteiger partial charge in [-0.25, -0.2) is 9.97 Å². The van der Waals surface area contributed by atoms with Crippen molar-refractivity contribution < 1.29 is 9.28 Å². The van der Waals surface area contributed by atoms with Crippen LogP contribution in [0.5, 0.6) is 0 Å². The largest absolute Gasteiger partial charge is 0.366 e. The number of hydrogen-bond donors (Lipinski definition) is 3. The Morgan fingerprint density at radius 1 is 1.17 bits per heavy atom. The molecule has 0 aliphatic heterocycles. The maximum Gasteiger partial charge on any atom is 0.250 e. The van der Waals surface area contributed by atoms with Crippen LogP contribution in [0.15, 0.2) is 42.7 Å². The number of carbonyl (C=O) groups excluding carboxylic acids is 1. The van der Waals surface area contributed by atoms with Crippen LogP contribution in [0, 0.1) is 0 Å². The summed E-state index contributed by atoms with van der Waals surface area (Å²) in [5.74, 6) is -0.251. The van der Waals surface area contributed by atoms with Crippen molar-refractivity contribution in [2.45, 2.75) is 37.8 Å². The zero-order valence-corrected chi connectivity index (χ0v) is 15.8. The highest BCUT2D eigenvalue weighted by Gasteiger charge is 2.25. The number of nitrogens with two attached hydrogens (primary N) is 2. The van der Waals surface area contributed by atoms with Gasteiger partial charge in [-0.15, -0.1) is 0 Å². The van der Waals surface area contributed by atoms with Crippen LogP contribution in [0.1, 0.15) is 36.0 Å². The summed E-state index contributed by atoms with van der Waals surface area (Å²) in [6, 6.07) is 8.00. The van der Waals surface area contributed by atoms with Gasteiger partial charge in [-0.3, -0.25) is 9.78 Å². The molecule has 1 fully saturated rings. The number of amides is 1. The molecule has 1 aliphatic rings. The van der Waals surface area contributed by atoms with E-state index in [-0.39, 0.29) is 29.2 Å². The summed E-state index contributed by atoms with van der Waals surface area (Å²) < 4.78 is 15.4. The van der Waals surface area contributed by atoms with Crippen LogP contribution in [0.4, 0.5) is 21.8 Å². The fourth-order valence-corrected chi connectivity index (χ4v) is 3.53. The molecule has 2 atom stereocenters. The van der Waals surface area contributed by atoms with E-state index in [1.807, 2.05) is 6.07 Å². The molecule has 150 valence electrons. The predicted molar refractivity (Wildman–Crippen MR) is 109 cm³/mol. The van der Waals surface area contributed by atoms with Crippen molar-refractivity contribution in [2.24, 2.45) is 11.5 Å². The number of aromatic nitrogens is 3. The number of rotatable bonds is 5. The van der Waals surface area contributed by atoms with E-state index in [1.54, 1.807) is 18.3 Å². The number of primary amides is 1. The Labute approximate surface area is 167 Å². The fourth-order valence-electron chi connectivity index (χ4n) is 3.53. The van der Waals surface area contributed by atoms with Crippen molar-refractivity contribution in [3.05, 3.63) is 48.3 Å². The Hall–Kier alpha value is -3.33. The maximum atomic E-state index is 15.4. The van der Waals surface area contributed by atoms with Crippen molar-refractivity contribution in [1.29, 1.82) is 0 Å². The number of fused-ring (bicyclic) bond motifs is 1. The van der Waals surface area contributed by atoms with Crippen LogP contribution in [0.25, 0.3) is 11.0 Å².